The Morgan fingerprint density at radius 1 is 1.19 bits per heavy atom. The number of non-ortho nitro benzene ring substituents is 1. The van der Waals surface area contributed by atoms with E-state index < -0.39 is 4.92 Å². The molecule has 7 nitrogen and oxygen atoms in total. The van der Waals surface area contributed by atoms with Crippen LogP contribution in [0.5, 0.6) is 0 Å². The lowest BCUT2D eigenvalue weighted by atomic mass is 10.1. The molecular weight excluding hydrogens is 391 g/mol. The Morgan fingerprint density at radius 3 is 2.74 bits per heavy atom. The monoisotopic (exact) mass is 404 g/mol. The minimum absolute atomic E-state index is 0.0487. The van der Waals surface area contributed by atoms with Crippen molar-refractivity contribution in [3.63, 3.8) is 0 Å². The van der Waals surface area contributed by atoms with E-state index >= 15 is 0 Å². The van der Waals surface area contributed by atoms with Gasteiger partial charge in [-0.1, -0.05) is 41.4 Å². The molecule has 1 heterocycles. The Balaban J connectivity index is 1.64. The Hall–Kier alpha value is -2.90. The molecule has 0 aliphatic heterocycles. The van der Waals surface area contributed by atoms with Gasteiger partial charge < -0.3 is 5.32 Å². The lowest BCUT2D eigenvalue weighted by Gasteiger charge is -2.06. The van der Waals surface area contributed by atoms with E-state index in [4.69, 9.17) is 23.2 Å². The predicted molar refractivity (Wildman–Crippen MR) is 103 cm³/mol. The first-order chi connectivity index (χ1) is 13.0. The zero-order valence-corrected chi connectivity index (χ0v) is 15.4. The quantitative estimate of drug-likeness (QED) is 0.495. The molecule has 2 aromatic carbocycles. The van der Waals surface area contributed by atoms with Crippen molar-refractivity contribution in [2.45, 2.75) is 6.42 Å². The molecule has 0 saturated heterocycles. The summed E-state index contributed by atoms with van der Waals surface area (Å²) < 4.78 is 1.41. The molecule has 0 unspecified atom stereocenters. The first kappa shape index (κ1) is 18.9. The smallest absolute Gasteiger partial charge is 0.271 e. The van der Waals surface area contributed by atoms with Gasteiger partial charge in [-0.15, -0.1) is 0 Å². The number of nitrogens with zero attached hydrogens (tertiary/aromatic N) is 3. The van der Waals surface area contributed by atoms with Crippen molar-refractivity contribution in [3.8, 4) is 5.69 Å². The average molecular weight is 405 g/mol. The molecule has 0 spiro atoms. The predicted octanol–water partition coefficient (Wildman–Crippen LogP) is 4.06. The number of nitrogens with one attached hydrogen (secondary N) is 1. The first-order valence-electron chi connectivity index (χ1n) is 7.97. The zero-order chi connectivity index (χ0) is 19.4. The second kappa shape index (κ2) is 8.20. The first-order valence-corrected chi connectivity index (χ1v) is 8.73. The van der Waals surface area contributed by atoms with E-state index in [1.165, 1.54) is 16.8 Å². The summed E-state index contributed by atoms with van der Waals surface area (Å²) in [6.45, 7) is 0.364. The summed E-state index contributed by atoms with van der Waals surface area (Å²) in [7, 11) is 0. The summed E-state index contributed by atoms with van der Waals surface area (Å²) in [6, 6.07) is 12.9. The van der Waals surface area contributed by atoms with Crippen LogP contribution in [0.15, 0.2) is 54.7 Å². The van der Waals surface area contributed by atoms with E-state index in [1.54, 1.807) is 36.5 Å². The number of carbonyl (C=O) groups excluding carboxylic acids is 1. The fourth-order valence-corrected chi connectivity index (χ4v) is 2.90. The Labute approximate surface area is 164 Å². The van der Waals surface area contributed by atoms with Crippen LogP contribution in [-0.4, -0.2) is 27.2 Å². The number of amides is 1. The molecule has 0 radical (unpaired) electrons. The molecule has 1 N–H and O–H groups in total. The van der Waals surface area contributed by atoms with Crippen LogP contribution in [0.25, 0.3) is 5.69 Å². The Kier molecular flexibility index (Phi) is 5.73. The number of carbonyl (C=O) groups is 1. The van der Waals surface area contributed by atoms with Gasteiger partial charge in [0.15, 0.2) is 5.69 Å². The van der Waals surface area contributed by atoms with Crippen molar-refractivity contribution in [3.05, 3.63) is 86.1 Å². The van der Waals surface area contributed by atoms with Crippen LogP contribution in [-0.2, 0) is 6.42 Å². The third-order valence-electron chi connectivity index (χ3n) is 3.84. The largest absolute Gasteiger partial charge is 0.350 e. The molecule has 9 heteroatoms. The third-order valence-corrected chi connectivity index (χ3v) is 4.70. The van der Waals surface area contributed by atoms with Crippen molar-refractivity contribution < 1.29 is 9.72 Å². The van der Waals surface area contributed by atoms with Crippen molar-refractivity contribution >= 4 is 34.8 Å². The maximum Gasteiger partial charge on any atom is 0.271 e. The van der Waals surface area contributed by atoms with Gasteiger partial charge in [0.2, 0.25) is 0 Å². The van der Waals surface area contributed by atoms with Crippen molar-refractivity contribution in [2.24, 2.45) is 0 Å². The van der Waals surface area contributed by atoms with Crippen LogP contribution in [0.4, 0.5) is 5.69 Å². The molecule has 1 aromatic heterocycles. The molecule has 0 fully saturated rings. The highest BCUT2D eigenvalue weighted by atomic mass is 35.5. The van der Waals surface area contributed by atoms with Crippen LogP contribution >= 0.6 is 23.2 Å². The number of nitro benzene ring substituents is 1. The number of hydrogen-bond donors (Lipinski definition) is 1. The van der Waals surface area contributed by atoms with E-state index in [2.05, 4.69) is 10.4 Å². The van der Waals surface area contributed by atoms with Crippen LogP contribution < -0.4 is 5.32 Å². The number of rotatable bonds is 6. The molecule has 27 heavy (non-hydrogen) atoms. The number of halogens is 2. The molecule has 0 atom stereocenters. The summed E-state index contributed by atoms with van der Waals surface area (Å²) in [4.78, 5) is 22.6. The van der Waals surface area contributed by atoms with Gasteiger partial charge in [0, 0.05) is 24.9 Å². The summed E-state index contributed by atoms with van der Waals surface area (Å²) in [5.74, 6) is -0.350. The molecule has 0 saturated carbocycles. The van der Waals surface area contributed by atoms with Crippen molar-refractivity contribution in [1.29, 1.82) is 0 Å². The standard InChI is InChI=1S/C18H14Cl2N4O3/c19-15-6-1-3-12(17(15)20)7-9-21-18(25)16-8-10-23(22-16)13-4-2-5-14(11-13)24(26)27/h1-6,8,10-11H,7,9H2,(H,21,25). The molecule has 0 aliphatic carbocycles. The fourth-order valence-electron chi connectivity index (χ4n) is 2.48. The minimum Gasteiger partial charge on any atom is -0.350 e. The maximum absolute atomic E-state index is 12.3. The summed E-state index contributed by atoms with van der Waals surface area (Å²) in [5.41, 5.74) is 1.49. The van der Waals surface area contributed by atoms with Gasteiger partial charge in [-0.3, -0.25) is 14.9 Å². The van der Waals surface area contributed by atoms with Crippen LogP contribution in [0.2, 0.25) is 10.0 Å². The highest BCUT2D eigenvalue weighted by Crippen LogP contribution is 2.25. The topological polar surface area (TPSA) is 90.1 Å². The minimum atomic E-state index is -0.485. The van der Waals surface area contributed by atoms with Gasteiger partial charge in [0.05, 0.1) is 20.7 Å². The van der Waals surface area contributed by atoms with Gasteiger partial charge in [-0.25, -0.2) is 4.68 Å². The molecule has 0 aliphatic rings. The second-order valence-corrected chi connectivity index (χ2v) is 6.43. The number of benzene rings is 2. The van der Waals surface area contributed by atoms with E-state index in [0.717, 1.165) is 5.56 Å². The zero-order valence-electron chi connectivity index (χ0n) is 13.9. The summed E-state index contributed by atoms with van der Waals surface area (Å²) >= 11 is 12.1. The van der Waals surface area contributed by atoms with Crippen LogP contribution in [0, 0.1) is 10.1 Å². The van der Waals surface area contributed by atoms with Crippen LogP contribution in [0.1, 0.15) is 16.1 Å². The molecule has 3 rings (SSSR count). The average Bonchev–Trinajstić information content (AvgIpc) is 3.15. The van der Waals surface area contributed by atoms with Crippen LogP contribution in [0.3, 0.4) is 0 Å². The number of hydrogen-bond acceptors (Lipinski definition) is 4. The summed E-state index contributed by atoms with van der Waals surface area (Å²) in [5, 5.41) is 18.8. The highest BCUT2D eigenvalue weighted by molar-refractivity contribution is 6.42. The Bertz CT molecular complexity index is 1000. The molecule has 0 bridgehead atoms. The van der Waals surface area contributed by atoms with Gasteiger partial charge in [-0.2, -0.15) is 5.10 Å². The van der Waals surface area contributed by atoms with Crippen molar-refractivity contribution in [1.82, 2.24) is 15.1 Å². The maximum atomic E-state index is 12.3. The molecule has 3 aromatic rings. The third kappa shape index (κ3) is 4.45. The van der Waals surface area contributed by atoms with E-state index in [-0.39, 0.29) is 17.3 Å². The van der Waals surface area contributed by atoms with E-state index in [9.17, 15) is 14.9 Å². The number of aromatic nitrogens is 2. The summed E-state index contributed by atoms with van der Waals surface area (Å²) in [6.07, 6.45) is 2.10. The fraction of sp³-hybridized carbons (Fsp3) is 0.111. The second-order valence-electron chi connectivity index (χ2n) is 5.64. The van der Waals surface area contributed by atoms with E-state index in [0.29, 0.717) is 28.7 Å². The lowest BCUT2D eigenvalue weighted by Crippen LogP contribution is -2.26. The SMILES string of the molecule is O=C(NCCc1cccc(Cl)c1Cl)c1ccn(-c2cccc([N+](=O)[O-])c2)n1. The van der Waals surface area contributed by atoms with Gasteiger partial charge in [0.1, 0.15) is 0 Å². The van der Waals surface area contributed by atoms with Gasteiger partial charge in [-0.05, 0) is 30.2 Å². The molecule has 138 valence electrons. The van der Waals surface area contributed by atoms with E-state index in [1.807, 2.05) is 6.07 Å². The van der Waals surface area contributed by atoms with Gasteiger partial charge in [0.25, 0.3) is 11.6 Å². The number of nitro groups is 1. The molecular formula is C18H14Cl2N4O3. The molecule has 1 amide bonds. The van der Waals surface area contributed by atoms with Crippen molar-refractivity contribution in [2.75, 3.05) is 6.54 Å². The Morgan fingerprint density at radius 2 is 1.96 bits per heavy atom. The van der Waals surface area contributed by atoms with Gasteiger partial charge >= 0.3 is 0 Å². The highest BCUT2D eigenvalue weighted by Gasteiger charge is 2.12. The lowest BCUT2D eigenvalue weighted by molar-refractivity contribution is -0.384. The normalized spacial score (nSPS) is 10.6.